The topological polar surface area (TPSA) is 47.0 Å². The number of hydrogen-bond acceptors (Lipinski definition) is 5. The first-order valence-electron chi connectivity index (χ1n) is 5.49. The third-order valence-corrected chi connectivity index (χ3v) is 4.10. The molecule has 0 aliphatic heterocycles. The third kappa shape index (κ3) is 2.58. The zero-order valence-corrected chi connectivity index (χ0v) is 10.5. The zero-order chi connectivity index (χ0) is 11.4. The molecule has 88 valence electrons. The van der Waals surface area contributed by atoms with Gasteiger partial charge in [-0.3, -0.25) is 0 Å². The Morgan fingerprint density at radius 3 is 2.75 bits per heavy atom. The normalized spacial score (nSPS) is 24.4. The second-order valence-electron chi connectivity index (χ2n) is 3.90. The molecule has 1 heterocycles. The van der Waals surface area contributed by atoms with E-state index < -0.39 is 0 Å². The molecule has 2 atom stereocenters. The van der Waals surface area contributed by atoms with Gasteiger partial charge in [0.15, 0.2) is 5.75 Å². The van der Waals surface area contributed by atoms with Gasteiger partial charge in [0.1, 0.15) is 0 Å². The van der Waals surface area contributed by atoms with Gasteiger partial charge in [0.05, 0.1) is 19.5 Å². The summed E-state index contributed by atoms with van der Waals surface area (Å²) >= 11 is 1.92. The SMILES string of the molecule is COc1cnc(NC2CCCC2SC)nc1. The van der Waals surface area contributed by atoms with E-state index in [0.717, 1.165) is 0 Å². The Hall–Kier alpha value is -0.970. The molecule has 0 spiro atoms. The number of methoxy groups -OCH3 is 1. The number of rotatable bonds is 4. The van der Waals surface area contributed by atoms with E-state index in [0.29, 0.717) is 23.0 Å². The van der Waals surface area contributed by atoms with Crippen LogP contribution >= 0.6 is 11.8 Å². The number of nitrogens with one attached hydrogen (secondary N) is 1. The summed E-state index contributed by atoms with van der Waals surface area (Å²) < 4.78 is 5.02. The number of thioether (sulfide) groups is 1. The van der Waals surface area contributed by atoms with Crippen LogP contribution in [0.25, 0.3) is 0 Å². The quantitative estimate of drug-likeness (QED) is 0.872. The molecule has 0 amide bonds. The minimum atomic E-state index is 0.503. The van der Waals surface area contributed by atoms with Gasteiger partial charge in [0.2, 0.25) is 5.95 Å². The fourth-order valence-corrected chi connectivity index (χ4v) is 2.97. The molecule has 1 aliphatic rings. The van der Waals surface area contributed by atoms with Crippen LogP contribution in [0.15, 0.2) is 12.4 Å². The van der Waals surface area contributed by atoms with Crippen molar-refractivity contribution in [1.29, 1.82) is 0 Å². The highest BCUT2D eigenvalue weighted by atomic mass is 32.2. The van der Waals surface area contributed by atoms with Gasteiger partial charge in [-0.05, 0) is 19.1 Å². The molecule has 16 heavy (non-hydrogen) atoms. The summed E-state index contributed by atoms with van der Waals surface area (Å²) in [6.07, 6.45) is 9.34. The minimum absolute atomic E-state index is 0.503. The van der Waals surface area contributed by atoms with Crippen LogP contribution in [0.1, 0.15) is 19.3 Å². The van der Waals surface area contributed by atoms with Crippen LogP contribution in [-0.4, -0.2) is 34.6 Å². The standard InChI is InChI=1S/C11H17N3OS/c1-15-8-6-12-11(13-7-8)14-9-4-3-5-10(9)16-2/h6-7,9-10H,3-5H2,1-2H3,(H,12,13,14). The fraction of sp³-hybridized carbons (Fsp3) is 0.636. The van der Waals surface area contributed by atoms with Gasteiger partial charge >= 0.3 is 0 Å². The largest absolute Gasteiger partial charge is 0.494 e. The number of ether oxygens (including phenoxy) is 1. The summed E-state index contributed by atoms with van der Waals surface area (Å²) in [6, 6.07) is 0.503. The maximum absolute atomic E-state index is 5.02. The Labute approximate surface area is 100 Å². The maximum atomic E-state index is 5.02. The van der Waals surface area contributed by atoms with Gasteiger partial charge in [-0.15, -0.1) is 0 Å². The molecule has 5 heteroatoms. The van der Waals surface area contributed by atoms with Crippen LogP contribution in [0.5, 0.6) is 5.75 Å². The van der Waals surface area contributed by atoms with Crippen molar-refractivity contribution in [2.24, 2.45) is 0 Å². The predicted octanol–water partition coefficient (Wildman–Crippen LogP) is 2.18. The Kier molecular flexibility index (Phi) is 3.88. The molecule has 1 fully saturated rings. The lowest BCUT2D eigenvalue weighted by Crippen LogP contribution is -2.26. The molecular formula is C11H17N3OS. The Morgan fingerprint density at radius 2 is 2.12 bits per heavy atom. The Bertz CT molecular complexity index is 331. The predicted molar refractivity (Wildman–Crippen MR) is 67.1 cm³/mol. The van der Waals surface area contributed by atoms with Gasteiger partial charge in [-0.2, -0.15) is 11.8 Å². The summed E-state index contributed by atoms with van der Waals surface area (Å²) in [6.45, 7) is 0. The van der Waals surface area contributed by atoms with Gasteiger partial charge < -0.3 is 10.1 Å². The van der Waals surface area contributed by atoms with Crippen LogP contribution < -0.4 is 10.1 Å². The molecule has 2 rings (SSSR count). The van der Waals surface area contributed by atoms with E-state index in [1.807, 2.05) is 11.8 Å². The Morgan fingerprint density at radius 1 is 1.38 bits per heavy atom. The number of anilines is 1. The smallest absolute Gasteiger partial charge is 0.223 e. The molecule has 1 aromatic rings. The Balaban J connectivity index is 1.97. The summed E-state index contributed by atoms with van der Waals surface area (Å²) in [5.74, 6) is 1.39. The molecule has 0 aromatic carbocycles. The second kappa shape index (κ2) is 5.39. The second-order valence-corrected chi connectivity index (χ2v) is 4.98. The van der Waals surface area contributed by atoms with E-state index in [2.05, 4.69) is 21.5 Å². The van der Waals surface area contributed by atoms with Crippen molar-refractivity contribution in [3.8, 4) is 5.75 Å². The van der Waals surface area contributed by atoms with E-state index in [-0.39, 0.29) is 0 Å². The van der Waals surface area contributed by atoms with E-state index >= 15 is 0 Å². The van der Waals surface area contributed by atoms with Gasteiger partial charge in [-0.1, -0.05) is 6.42 Å². The summed E-state index contributed by atoms with van der Waals surface area (Å²) in [5, 5.41) is 4.08. The highest BCUT2D eigenvalue weighted by molar-refractivity contribution is 7.99. The molecule has 4 nitrogen and oxygen atoms in total. The fourth-order valence-electron chi connectivity index (χ4n) is 2.04. The van der Waals surface area contributed by atoms with E-state index in [4.69, 9.17) is 4.74 Å². The van der Waals surface area contributed by atoms with Crippen molar-refractivity contribution < 1.29 is 4.74 Å². The van der Waals surface area contributed by atoms with Crippen molar-refractivity contribution in [3.63, 3.8) is 0 Å². The van der Waals surface area contributed by atoms with Crippen molar-refractivity contribution >= 4 is 17.7 Å². The van der Waals surface area contributed by atoms with E-state index in [1.54, 1.807) is 19.5 Å². The van der Waals surface area contributed by atoms with Crippen LogP contribution in [0.3, 0.4) is 0 Å². The molecule has 0 radical (unpaired) electrons. The van der Waals surface area contributed by atoms with Gasteiger partial charge in [0.25, 0.3) is 0 Å². The first-order valence-corrected chi connectivity index (χ1v) is 6.77. The lowest BCUT2D eigenvalue weighted by molar-refractivity contribution is 0.411. The average Bonchev–Trinajstić information content (AvgIpc) is 2.77. The monoisotopic (exact) mass is 239 g/mol. The highest BCUT2D eigenvalue weighted by Gasteiger charge is 2.26. The summed E-state index contributed by atoms with van der Waals surface area (Å²) in [5.41, 5.74) is 0. The molecule has 0 saturated heterocycles. The zero-order valence-electron chi connectivity index (χ0n) is 9.64. The van der Waals surface area contributed by atoms with Crippen LogP contribution in [0.4, 0.5) is 5.95 Å². The number of nitrogens with zero attached hydrogens (tertiary/aromatic N) is 2. The molecule has 1 aromatic heterocycles. The van der Waals surface area contributed by atoms with Crippen molar-refractivity contribution in [3.05, 3.63) is 12.4 Å². The number of hydrogen-bond donors (Lipinski definition) is 1. The maximum Gasteiger partial charge on any atom is 0.223 e. The van der Waals surface area contributed by atoms with Crippen molar-refractivity contribution in [2.75, 3.05) is 18.7 Å². The van der Waals surface area contributed by atoms with Crippen LogP contribution in [-0.2, 0) is 0 Å². The van der Waals surface area contributed by atoms with Crippen LogP contribution in [0.2, 0.25) is 0 Å². The molecule has 0 bridgehead atoms. The molecule has 1 aliphatic carbocycles. The lowest BCUT2D eigenvalue weighted by Gasteiger charge is -2.18. The lowest BCUT2D eigenvalue weighted by atomic mass is 10.2. The average molecular weight is 239 g/mol. The molecule has 1 N–H and O–H groups in total. The minimum Gasteiger partial charge on any atom is -0.494 e. The van der Waals surface area contributed by atoms with Gasteiger partial charge in [-0.25, -0.2) is 9.97 Å². The third-order valence-electron chi connectivity index (χ3n) is 2.93. The highest BCUT2D eigenvalue weighted by Crippen LogP contribution is 2.30. The molecule has 2 unspecified atom stereocenters. The van der Waals surface area contributed by atoms with E-state index in [9.17, 15) is 0 Å². The van der Waals surface area contributed by atoms with Crippen LogP contribution in [0, 0.1) is 0 Å². The van der Waals surface area contributed by atoms with Crippen molar-refractivity contribution in [1.82, 2.24) is 9.97 Å². The number of aromatic nitrogens is 2. The first-order chi connectivity index (χ1) is 7.83. The molecule has 1 saturated carbocycles. The van der Waals surface area contributed by atoms with Gasteiger partial charge in [0, 0.05) is 11.3 Å². The summed E-state index contributed by atoms with van der Waals surface area (Å²) in [7, 11) is 1.62. The molecular weight excluding hydrogens is 222 g/mol. The summed E-state index contributed by atoms with van der Waals surface area (Å²) in [4.78, 5) is 8.45. The van der Waals surface area contributed by atoms with Crippen molar-refractivity contribution in [2.45, 2.75) is 30.6 Å². The van der Waals surface area contributed by atoms with E-state index in [1.165, 1.54) is 19.3 Å². The first kappa shape index (κ1) is 11.5.